The molecule has 1 saturated heterocycles. The SMILES string of the molecule is Cc1ccc(CN2C(=O)S/C(=C\c3ccc(OCc4cccc(Cl)c4)cc3)C2=O)cc1. The number of rotatable bonds is 6. The first kappa shape index (κ1) is 21.2. The third kappa shape index (κ3) is 5.37. The van der Waals surface area contributed by atoms with Gasteiger partial charge < -0.3 is 4.74 Å². The minimum atomic E-state index is -0.267. The Hall–Kier alpha value is -3.02. The second-order valence-electron chi connectivity index (χ2n) is 7.24. The lowest BCUT2D eigenvalue weighted by molar-refractivity contribution is -0.123. The minimum absolute atomic E-state index is 0.252. The molecule has 4 rings (SSSR count). The number of nitrogens with zero attached hydrogens (tertiary/aromatic N) is 1. The van der Waals surface area contributed by atoms with Gasteiger partial charge >= 0.3 is 0 Å². The Kier molecular flexibility index (Phi) is 6.44. The van der Waals surface area contributed by atoms with E-state index in [1.807, 2.05) is 79.7 Å². The predicted molar refractivity (Wildman–Crippen MR) is 125 cm³/mol. The van der Waals surface area contributed by atoms with Crippen LogP contribution in [0.4, 0.5) is 4.79 Å². The zero-order chi connectivity index (χ0) is 21.8. The molecule has 0 spiro atoms. The molecule has 0 N–H and O–H groups in total. The molecule has 31 heavy (non-hydrogen) atoms. The van der Waals surface area contributed by atoms with E-state index in [0.717, 1.165) is 34.0 Å². The fraction of sp³-hybridized carbons (Fsp3) is 0.120. The summed E-state index contributed by atoms with van der Waals surface area (Å²) in [5.74, 6) is 0.446. The smallest absolute Gasteiger partial charge is 0.293 e. The number of imide groups is 1. The van der Waals surface area contributed by atoms with E-state index < -0.39 is 0 Å². The van der Waals surface area contributed by atoms with Gasteiger partial charge in [-0.3, -0.25) is 14.5 Å². The van der Waals surface area contributed by atoms with Crippen molar-refractivity contribution in [2.75, 3.05) is 0 Å². The predicted octanol–water partition coefficient (Wildman–Crippen LogP) is 6.46. The van der Waals surface area contributed by atoms with Crippen LogP contribution in [0.3, 0.4) is 0 Å². The quantitative estimate of drug-likeness (QED) is 0.405. The number of benzene rings is 3. The van der Waals surface area contributed by atoms with Crippen molar-refractivity contribution in [2.24, 2.45) is 0 Å². The number of halogens is 1. The molecule has 2 amide bonds. The van der Waals surface area contributed by atoms with E-state index >= 15 is 0 Å². The second-order valence-corrected chi connectivity index (χ2v) is 8.67. The molecule has 0 aromatic heterocycles. The van der Waals surface area contributed by atoms with E-state index in [1.165, 1.54) is 4.90 Å². The molecule has 0 unspecified atom stereocenters. The van der Waals surface area contributed by atoms with Crippen molar-refractivity contribution in [1.82, 2.24) is 4.90 Å². The fourth-order valence-electron chi connectivity index (χ4n) is 3.12. The first-order chi connectivity index (χ1) is 15.0. The third-order valence-electron chi connectivity index (χ3n) is 4.81. The molecule has 1 aliphatic rings. The van der Waals surface area contributed by atoms with Crippen LogP contribution in [0.15, 0.2) is 77.7 Å². The average Bonchev–Trinajstić information content (AvgIpc) is 3.02. The number of amides is 2. The highest BCUT2D eigenvalue weighted by atomic mass is 35.5. The standard InChI is InChI=1S/C25H20ClNO3S/c1-17-5-7-19(8-6-17)15-27-24(28)23(31-25(27)29)14-18-9-11-22(12-10-18)30-16-20-3-2-4-21(26)13-20/h2-14H,15-16H2,1H3/b23-14-. The number of hydrogen-bond acceptors (Lipinski definition) is 4. The van der Waals surface area contributed by atoms with Gasteiger partial charge in [-0.2, -0.15) is 0 Å². The van der Waals surface area contributed by atoms with Crippen LogP contribution in [0, 0.1) is 6.92 Å². The first-order valence-corrected chi connectivity index (χ1v) is 11.0. The summed E-state index contributed by atoms with van der Waals surface area (Å²) in [6.45, 7) is 2.69. The Labute approximate surface area is 190 Å². The van der Waals surface area contributed by atoms with E-state index in [0.29, 0.717) is 22.3 Å². The van der Waals surface area contributed by atoms with Crippen molar-refractivity contribution in [3.63, 3.8) is 0 Å². The zero-order valence-electron chi connectivity index (χ0n) is 16.9. The molecule has 3 aromatic rings. The summed E-state index contributed by atoms with van der Waals surface area (Å²) >= 11 is 6.96. The number of thioether (sulfide) groups is 1. The van der Waals surface area contributed by atoms with Crippen molar-refractivity contribution in [3.8, 4) is 5.75 Å². The van der Waals surface area contributed by atoms with Crippen LogP contribution >= 0.6 is 23.4 Å². The summed E-state index contributed by atoms with van der Waals surface area (Å²) in [7, 11) is 0. The highest BCUT2D eigenvalue weighted by molar-refractivity contribution is 8.18. The molecular weight excluding hydrogens is 430 g/mol. The lowest BCUT2D eigenvalue weighted by atomic mass is 10.1. The normalized spacial score (nSPS) is 15.0. The van der Waals surface area contributed by atoms with Gasteiger partial charge in [0.1, 0.15) is 12.4 Å². The van der Waals surface area contributed by atoms with Crippen molar-refractivity contribution >= 4 is 40.6 Å². The molecule has 6 heteroatoms. The summed E-state index contributed by atoms with van der Waals surface area (Å²) in [6, 6.07) is 22.7. The highest BCUT2D eigenvalue weighted by Gasteiger charge is 2.34. The van der Waals surface area contributed by atoms with Gasteiger partial charge in [-0.05, 0) is 65.7 Å². The Morgan fingerprint density at radius 3 is 2.42 bits per heavy atom. The van der Waals surface area contributed by atoms with Crippen LogP contribution < -0.4 is 4.74 Å². The van der Waals surface area contributed by atoms with Crippen LogP contribution in [0.1, 0.15) is 22.3 Å². The maximum absolute atomic E-state index is 12.7. The molecule has 0 aliphatic carbocycles. The lowest BCUT2D eigenvalue weighted by Crippen LogP contribution is -2.27. The summed E-state index contributed by atoms with van der Waals surface area (Å²) < 4.78 is 5.79. The van der Waals surface area contributed by atoms with Gasteiger partial charge in [-0.1, -0.05) is 65.7 Å². The molecule has 0 radical (unpaired) electrons. The fourth-order valence-corrected chi connectivity index (χ4v) is 4.17. The van der Waals surface area contributed by atoms with E-state index in [1.54, 1.807) is 6.08 Å². The molecule has 0 saturated carbocycles. The van der Waals surface area contributed by atoms with Crippen molar-refractivity contribution in [3.05, 3.63) is 105 Å². The Morgan fingerprint density at radius 2 is 1.71 bits per heavy atom. The molecule has 1 aliphatic heterocycles. The van der Waals surface area contributed by atoms with Gasteiger partial charge in [0.25, 0.3) is 11.1 Å². The van der Waals surface area contributed by atoms with Crippen LogP contribution in [0.25, 0.3) is 6.08 Å². The van der Waals surface area contributed by atoms with Gasteiger partial charge in [0, 0.05) is 5.02 Å². The molecule has 0 bridgehead atoms. The average molecular weight is 450 g/mol. The van der Waals surface area contributed by atoms with Crippen molar-refractivity contribution in [1.29, 1.82) is 0 Å². The molecule has 1 fully saturated rings. The van der Waals surface area contributed by atoms with Crippen LogP contribution in [-0.4, -0.2) is 16.0 Å². The van der Waals surface area contributed by atoms with Crippen molar-refractivity contribution < 1.29 is 14.3 Å². The summed E-state index contributed by atoms with van der Waals surface area (Å²) in [5, 5.41) is 0.422. The Balaban J connectivity index is 1.40. The first-order valence-electron chi connectivity index (χ1n) is 9.76. The Morgan fingerprint density at radius 1 is 0.968 bits per heavy atom. The van der Waals surface area contributed by atoms with Gasteiger partial charge in [0.2, 0.25) is 0 Å². The molecular formula is C25H20ClNO3S. The minimum Gasteiger partial charge on any atom is -0.489 e. The molecule has 3 aromatic carbocycles. The largest absolute Gasteiger partial charge is 0.489 e. The maximum Gasteiger partial charge on any atom is 0.293 e. The van der Waals surface area contributed by atoms with Gasteiger partial charge in [0.05, 0.1) is 11.4 Å². The number of carbonyl (C=O) groups excluding carboxylic acids is 2. The molecule has 4 nitrogen and oxygen atoms in total. The maximum atomic E-state index is 12.7. The third-order valence-corrected chi connectivity index (χ3v) is 5.95. The monoisotopic (exact) mass is 449 g/mol. The molecule has 1 heterocycles. The van der Waals surface area contributed by atoms with E-state index in [9.17, 15) is 9.59 Å². The molecule has 156 valence electrons. The summed E-state index contributed by atoms with van der Waals surface area (Å²) in [5.41, 5.74) is 3.88. The highest BCUT2D eigenvalue weighted by Crippen LogP contribution is 2.33. The topological polar surface area (TPSA) is 46.6 Å². The van der Waals surface area contributed by atoms with Crippen molar-refractivity contribution in [2.45, 2.75) is 20.1 Å². The van der Waals surface area contributed by atoms with E-state index in [-0.39, 0.29) is 17.7 Å². The molecule has 0 atom stereocenters. The van der Waals surface area contributed by atoms with Gasteiger partial charge in [-0.25, -0.2) is 0 Å². The lowest BCUT2D eigenvalue weighted by Gasteiger charge is -2.12. The van der Waals surface area contributed by atoms with Crippen LogP contribution in [0.5, 0.6) is 5.75 Å². The van der Waals surface area contributed by atoms with E-state index in [2.05, 4.69) is 0 Å². The van der Waals surface area contributed by atoms with Crippen LogP contribution in [-0.2, 0) is 17.9 Å². The number of carbonyl (C=O) groups is 2. The summed E-state index contributed by atoms with van der Waals surface area (Å²) in [6.07, 6.45) is 1.74. The summed E-state index contributed by atoms with van der Waals surface area (Å²) in [4.78, 5) is 26.8. The van der Waals surface area contributed by atoms with Crippen LogP contribution in [0.2, 0.25) is 5.02 Å². The number of ether oxygens (including phenoxy) is 1. The Bertz CT molecular complexity index is 1140. The van der Waals surface area contributed by atoms with E-state index in [4.69, 9.17) is 16.3 Å². The number of aryl methyl sites for hydroxylation is 1. The zero-order valence-corrected chi connectivity index (χ0v) is 18.5. The van der Waals surface area contributed by atoms with Gasteiger partial charge in [0.15, 0.2) is 0 Å². The van der Waals surface area contributed by atoms with Gasteiger partial charge in [-0.15, -0.1) is 0 Å². The second kappa shape index (κ2) is 9.41. The number of hydrogen-bond donors (Lipinski definition) is 0.